The molecule has 0 aromatic carbocycles. The second-order valence-corrected chi connectivity index (χ2v) is 7.78. The highest BCUT2D eigenvalue weighted by Crippen LogP contribution is 2.61. The molecule has 0 radical (unpaired) electrons. The summed E-state index contributed by atoms with van der Waals surface area (Å²) in [6.07, 6.45) is 9.94. The zero-order valence-corrected chi connectivity index (χ0v) is 11.4. The minimum absolute atomic E-state index is 0.555. The standard InChI is InChI=1S/C15H18N2S/c16-8-13-9-18-14(17-13)7-15-4-10-1-11(5-15)3-12(2-10)6-15/h9-12H,1-7H2. The summed E-state index contributed by atoms with van der Waals surface area (Å²) in [4.78, 5) is 4.46. The van der Waals surface area contributed by atoms with Gasteiger partial charge in [0.2, 0.25) is 0 Å². The number of nitriles is 1. The molecule has 0 atom stereocenters. The Morgan fingerprint density at radius 3 is 2.33 bits per heavy atom. The van der Waals surface area contributed by atoms with Crippen molar-refractivity contribution in [1.82, 2.24) is 4.98 Å². The molecule has 94 valence electrons. The zero-order valence-electron chi connectivity index (χ0n) is 10.6. The van der Waals surface area contributed by atoms with Crippen LogP contribution in [0.25, 0.3) is 0 Å². The minimum Gasteiger partial charge on any atom is -0.231 e. The van der Waals surface area contributed by atoms with E-state index in [1.54, 1.807) is 11.3 Å². The fraction of sp³-hybridized carbons (Fsp3) is 0.733. The van der Waals surface area contributed by atoms with Crippen LogP contribution in [-0.2, 0) is 6.42 Å². The summed E-state index contributed by atoms with van der Waals surface area (Å²) in [5.41, 5.74) is 1.17. The minimum atomic E-state index is 0.555. The second-order valence-electron chi connectivity index (χ2n) is 6.83. The predicted octanol–water partition coefficient (Wildman–Crippen LogP) is 3.77. The summed E-state index contributed by atoms with van der Waals surface area (Å²) >= 11 is 1.69. The molecule has 1 aromatic heterocycles. The Bertz CT molecular complexity index is 476. The predicted molar refractivity (Wildman–Crippen MR) is 71.1 cm³/mol. The van der Waals surface area contributed by atoms with E-state index < -0.39 is 0 Å². The van der Waals surface area contributed by atoms with Gasteiger partial charge >= 0.3 is 0 Å². The van der Waals surface area contributed by atoms with Crippen molar-refractivity contribution in [3.63, 3.8) is 0 Å². The molecule has 4 bridgehead atoms. The number of thiazole rings is 1. The van der Waals surface area contributed by atoms with Gasteiger partial charge in [-0.25, -0.2) is 4.98 Å². The van der Waals surface area contributed by atoms with Crippen molar-refractivity contribution in [3.8, 4) is 6.07 Å². The van der Waals surface area contributed by atoms with Gasteiger partial charge in [0.1, 0.15) is 6.07 Å². The van der Waals surface area contributed by atoms with Gasteiger partial charge in [-0.15, -0.1) is 11.3 Å². The van der Waals surface area contributed by atoms with Crippen molar-refractivity contribution >= 4 is 11.3 Å². The van der Waals surface area contributed by atoms with Crippen LogP contribution < -0.4 is 0 Å². The third kappa shape index (κ3) is 1.70. The third-order valence-corrected chi connectivity index (χ3v) is 6.21. The van der Waals surface area contributed by atoms with Crippen LogP contribution in [0.2, 0.25) is 0 Å². The zero-order chi connectivity index (χ0) is 12.2. The Balaban J connectivity index is 1.59. The molecule has 0 N–H and O–H groups in total. The lowest BCUT2D eigenvalue weighted by Gasteiger charge is -2.56. The lowest BCUT2D eigenvalue weighted by molar-refractivity contribution is -0.0521. The molecule has 3 heteroatoms. The molecule has 4 saturated carbocycles. The Hall–Kier alpha value is -0.880. The average Bonchev–Trinajstić information content (AvgIpc) is 2.74. The van der Waals surface area contributed by atoms with Crippen LogP contribution >= 0.6 is 11.3 Å². The Kier molecular flexibility index (Phi) is 2.32. The number of nitrogens with zero attached hydrogens (tertiary/aromatic N) is 2. The van der Waals surface area contributed by atoms with Gasteiger partial charge in [0, 0.05) is 11.8 Å². The average molecular weight is 258 g/mol. The maximum absolute atomic E-state index is 8.87. The fourth-order valence-electron chi connectivity index (χ4n) is 5.27. The summed E-state index contributed by atoms with van der Waals surface area (Å²) in [6, 6.07) is 2.15. The molecular formula is C15H18N2S. The molecule has 5 rings (SSSR count). The Morgan fingerprint density at radius 2 is 1.83 bits per heavy atom. The van der Waals surface area contributed by atoms with Crippen molar-refractivity contribution in [2.24, 2.45) is 23.2 Å². The highest BCUT2D eigenvalue weighted by molar-refractivity contribution is 7.09. The van der Waals surface area contributed by atoms with Gasteiger partial charge in [-0.1, -0.05) is 0 Å². The Labute approximate surface area is 112 Å². The van der Waals surface area contributed by atoms with Crippen molar-refractivity contribution < 1.29 is 0 Å². The van der Waals surface area contributed by atoms with Crippen LogP contribution in [-0.4, -0.2) is 4.98 Å². The van der Waals surface area contributed by atoms with E-state index in [1.807, 2.05) is 5.38 Å². The van der Waals surface area contributed by atoms with E-state index in [0.29, 0.717) is 11.1 Å². The van der Waals surface area contributed by atoms with Gasteiger partial charge < -0.3 is 0 Å². The topological polar surface area (TPSA) is 36.7 Å². The molecule has 0 amide bonds. The highest BCUT2D eigenvalue weighted by atomic mass is 32.1. The van der Waals surface area contributed by atoms with Crippen LogP contribution in [0.15, 0.2) is 5.38 Å². The van der Waals surface area contributed by atoms with Gasteiger partial charge in [0.15, 0.2) is 5.69 Å². The van der Waals surface area contributed by atoms with Crippen LogP contribution in [0, 0.1) is 34.5 Å². The molecule has 0 aliphatic heterocycles. The summed E-state index contributed by atoms with van der Waals surface area (Å²) < 4.78 is 0. The molecule has 1 aromatic rings. The van der Waals surface area contributed by atoms with E-state index >= 15 is 0 Å². The molecule has 0 unspecified atom stereocenters. The monoisotopic (exact) mass is 258 g/mol. The van der Waals surface area contributed by atoms with Crippen molar-refractivity contribution in [1.29, 1.82) is 5.26 Å². The summed E-state index contributed by atoms with van der Waals surface area (Å²) in [6.45, 7) is 0. The summed E-state index contributed by atoms with van der Waals surface area (Å²) in [5, 5.41) is 12.0. The van der Waals surface area contributed by atoms with Gasteiger partial charge in [-0.3, -0.25) is 0 Å². The molecule has 18 heavy (non-hydrogen) atoms. The van der Waals surface area contributed by atoms with Crippen molar-refractivity contribution in [3.05, 3.63) is 16.1 Å². The second kappa shape index (κ2) is 3.81. The number of aromatic nitrogens is 1. The Morgan fingerprint density at radius 1 is 1.22 bits per heavy atom. The number of hydrogen-bond donors (Lipinski definition) is 0. The largest absolute Gasteiger partial charge is 0.231 e. The molecule has 4 aliphatic rings. The number of hydrogen-bond acceptors (Lipinski definition) is 3. The van der Waals surface area contributed by atoms with E-state index in [2.05, 4.69) is 11.1 Å². The van der Waals surface area contributed by atoms with E-state index in [9.17, 15) is 0 Å². The molecule has 4 fully saturated rings. The first-order valence-electron chi connectivity index (χ1n) is 7.09. The van der Waals surface area contributed by atoms with Crippen LogP contribution in [0.5, 0.6) is 0 Å². The van der Waals surface area contributed by atoms with E-state index in [1.165, 1.54) is 43.5 Å². The van der Waals surface area contributed by atoms with Crippen LogP contribution in [0.4, 0.5) is 0 Å². The lowest BCUT2D eigenvalue weighted by atomic mass is 9.49. The SMILES string of the molecule is N#Cc1csc(CC23CC4CC(CC(C4)C2)C3)n1. The van der Waals surface area contributed by atoms with Crippen molar-refractivity contribution in [2.45, 2.75) is 44.9 Å². The molecule has 1 heterocycles. The van der Waals surface area contributed by atoms with Crippen molar-refractivity contribution in [2.75, 3.05) is 0 Å². The fourth-order valence-corrected chi connectivity index (χ4v) is 6.16. The van der Waals surface area contributed by atoms with E-state index in [0.717, 1.165) is 24.2 Å². The van der Waals surface area contributed by atoms with E-state index in [4.69, 9.17) is 5.26 Å². The van der Waals surface area contributed by atoms with E-state index in [-0.39, 0.29) is 0 Å². The van der Waals surface area contributed by atoms with Gasteiger partial charge in [-0.05, 0) is 61.7 Å². The normalized spacial score (nSPS) is 40.9. The molecule has 2 nitrogen and oxygen atoms in total. The molecule has 4 aliphatic carbocycles. The first-order valence-corrected chi connectivity index (χ1v) is 7.97. The summed E-state index contributed by atoms with van der Waals surface area (Å²) in [7, 11) is 0. The highest BCUT2D eigenvalue weighted by Gasteiger charge is 2.50. The van der Waals surface area contributed by atoms with Gasteiger partial charge in [0.25, 0.3) is 0 Å². The lowest BCUT2D eigenvalue weighted by Crippen LogP contribution is -2.47. The third-order valence-electron chi connectivity index (χ3n) is 5.36. The van der Waals surface area contributed by atoms with Gasteiger partial charge in [0.05, 0.1) is 5.01 Å². The van der Waals surface area contributed by atoms with Crippen LogP contribution in [0.1, 0.15) is 49.2 Å². The van der Waals surface area contributed by atoms with Crippen LogP contribution in [0.3, 0.4) is 0 Å². The first kappa shape index (κ1) is 11.0. The number of rotatable bonds is 2. The quantitative estimate of drug-likeness (QED) is 0.809. The molecule has 0 saturated heterocycles. The summed E-state index contributed by atoms with van der Waals surface area (Å²) in [5.74, 6) is 3.02. The molecule has 0 spiro atoms. The van der Waals surface area contributed by atoms with Gasteiger partial charge in [-0.2, -0.15) is 5.26 Å². The smallest absolute Gasteiger partial charge is 0.151 e. The maximum Gasteiger partial charge on any atom is 0.151 e. The maximum atomic E-state index is 8.87. The molecular weight excluding hydrogens is 240 g/mol. The first-order chi connectivity index (χ1) is 8.75.